The van der Waals surface area contributed by atoms with Gasteiger partial charge in [-0.15, -0.1) is 11.8 Å². The van der Waals surface area contributed by atoms with Gasteiger partial charge < -0.3 is 10.6 Å². The van der Waals surface area contributed by atoms with Gasteiger partial charge in [-0.2, -0.15) is 0 Å². The standard InChI is InChI=1S/C39H31N3O4S/c43-36(30-12-5-2-6-13-30)41-35(26-27-16-18-29(19-17-27)28-10-3-1-4-11-28)37(44)40-31-20-22-32(23-21-31)47-25-9-24-42-38(45)33-14-7-8-15-34(33)39(42)46/h1-8,10-23,26H,9,24-25H2,(H,40,44)(H,41,43)/b35-26-. The molecule has 1 aliphatic rings. The van der Waals surface area contributed by atoms with E-state index in [4.69, 9.17) is 0 Å². The van der Waals surface area contributed by atoms with Crippen molar-refractivity contribution >= 4 is 47.2 Å². The van der Waals surface area contributed by atoms with E-state index in [1.807, 2.05) is 72.8 Å². The minimum Gasteiger partial charge on any atom is -0.321 e. The van der Waals surface area contributed by atoms with Crippen molar-refractivity contribution in [2.24, 2.45) is 0 Å². The minimum atomic E-state index is -0.456. The van der Waals surface area contributed by atoms with Crippen molar-refractivity contribution < 1.29 is 19.2 Å². The fraction of sp³-hybridized carbons (Fsp3) is 0.0769. The molecule has 47 heavy (non-hydrogen) atoms. The van der Waals surface area contributed by atoms with Gasteiger partial charge >= 0.3 is 0 Å². The average Bonchev–Trinajstić information content (AvgIpc) is 3.36. The van der Waals surface area contributed by atoms with Crippen LogP contribution in [0.2, 0.25) is 0 Å². The number of carbonyl (C=O) groups excluding carboxylic acids is 4. The minimum absolute atomic E-state index is 0.109. The van der Waals surface area contributed by atoms with Crippen LogP contribution in [0.4, 0.5) is 5.69 Å². The number of carbonyl (C=O) groups is 4. The summed E-state index contributed by atoms with van der Waals surface area (Å²) in [6, 6.07) is 40.8. The van der Waals surface area contributed by atoms with E-state index in [1.54, 1.807) is 78.5 Å². The Morgan fingerprint density at radius 2 is 1.23 bits per heavy atom. The molecule has 0 saturated heterocycles. The molecule has 0 atom stereocenters. The molecule has 7 nitrogen and oxygen atoms in total. The highest BCUT2D eigenvalue weighted by atomic mass is 32.2. The van der Waals surface area contributed by atoms with Crippen LogP contribution in [0, 0.1) is 0 Å². The van der Waals surface area contributed by atoms with Crippen LogP contribution in [-0.2, 0) is 4.79 Å². The van der Waals surface area contributed by atoms with Gasteiger partial charge in [-0.05, 0) is 83.5 Å². The predicted octanol–water partition coefficient (Wildman–Crippen LogP) is 7.54. The fourth-order valence-electron chi connectivity index (χ4n) is 5.20. The summed E-state index contributed by atoms with van der Waals surface area (Å²) in [5.41, 5.74) is 4.93. The van der Waals surface area contributed by atoms with Gasteiger partial charge in [0, 0.05) is 22.7 Å². The summed E-state index contributed by atoms with van der Waals surface area (Å²) in [4.78, 5) is 53.9. The maximum Gasteiger partial charge on any atom is 0.272 e. The number of nitrogens with zero attached hydrogens (tertiary/aromatic N) is 1. The second-order valence-corrected chi connectivity index (χ2v) is 12.0. The monoisotopic (exact) mass is 637 g/mol. The van der Waals surface area contributed by atoms with Crippen LogP contribution >= 0.6 is 11.8 Å². The van der Waals surface area contributed by atoms with Crippen molar-refractivity contribution in [1.29, 1.82) is 0 Å². The average molecular weight is 638 g/mol. The van der Waals surface area contributed by atoms with Crippen molar-refractivity contribution in [3.05, 3.63) is 161 Å². The topological polar surface area (TPSA) is 95.6 Å². The van der Waals surface area contributed by atoms with E-state index >= 15 is 0 Å². The molecule has 0 aromatic heterocycles. The van der Waals surface area contributed by atoms with E-state index in [0.717, 1.165) is 21.6 Å². The molecule has 0 aliphatic carbocycles. The van der Waals surface area contributed by atoms with Gasteiger partial charge in [0.25, 0.3) is 23.6 Å². The predicted molar refractivity (Wildman–Crippen MR) is 186 cm³/mol. The first-order valence-corrected chi connectivity index (χ1v) is 16.2. The Hall–Kier alpha value is -5.73. The SMILES string of the molecule is O=C(Nc1ccc(SCCCN2C(=O)c3ccccc3C2=O)cc1)/C(=C/c1ccc(-c2ccccc2)cc1)NC(=O)c1ccccc1. The highest BCUT2D eigenvalue weighted by molar-refractivity contribution is 7.99. The van der Waals surface area contributed by atoms with Crippen LogP contribution in [0.25, 0.3) is 17.2 Å². The van der Waals surface area contributed by atoms with Gasteiger partial charge in [-0.1, -0.05) is 84.9 Å². The second kappa shape index (κ2) is 14.6. The molecule has 0 saturated carbocycles. The quantitative estimate of drug-likeness (QED) is 0.0675. The molecular weight excluding hydrogens is 607 g/mol. The summed E-state index contributed by atoms with van der Waals surface area (Å²) in [5.74, 6) is -0.620. The van der Waals surface area contributed by atoms with Crippen LogP contribution in [0.15, 0.2) is 144 Å². The summed E-state index contributed by atoms with van der Waals surface area (Å²) in [5, 5.41) is 5.68. The highest BCUT2D eigenvalue weighted by Gasteiger charge is 2.34. The molecule has 2 N–H and O–H groups in total. The number of imide groups is 1. The Morgan fingerprint density at radius 1 is 0.660 bits per heavy atom. The van der Waals surface area contributed by atoms with E-state index in [1.165, 1.54) is 4.90 Å². The number of anilines is 1. The van der Waals surface area contributed by atoms with Gasteiger partial charge in [0.1, 0.15) is 5.70 Å². The molecule has 6 rings (SSSR count). The number of thioether (sulfide) groups is 1. The third kappa shape index (κ3) is 7.57. The molecule has 1 aliphatic heterocycles. The maximum atomic E-state index is 13.5. The number of hydrogen-bond donors (Lipinski definition) is 2. The van der Waals surface area contributed by atoms with Crippen LogP contribution in [0.5, 0.6) is 0 Å². The summed E-state index contributed by atoms with van der Waals surface area (Å²) in [7, 11) is 0. The zero-order valence-electron chi connectivity index (χ0n) is 25.4. The number of nitrogens with one attached hydrogen (secondary N) is 2. The van der Waals surface area contributed by atoms with Gasteiger partial charge in [-0.25, -0.2) is 0 Å². The lowest BCUT2D eigenvalue weighted by molar-refractivity contribution is -0.113. The van der Waals surface area contributed by atoms with Crippen LogP contribution < -0.4 is 10.6 Å². The molecule has 5 aromatic carbocycles. The molecule has 0 radical (unpaired) electrons. The third-order valence-corrected chi connectivity index (χ3v) is 8.74. The number of hydrogen-bond acceptors (Lipinski definition) is 5. The largest absolute Gasteiger partial charge is 0.321 e. The lowest BCUT2D eigenvalue weighted by atomic mass is 10.0. The van der Waals surface area contributed by atoms with Crippen LogP contribution in [0.1, 0.15) is 43.1 Å². The first-order valence-electron chi connectivity index (χ1n) is 15.2. The van der Waals surface area contributed by atoms with E-state index < -0.39 is 5.91 Å². The van der Waals surface area contributed by atoms with Crippen molar-refractivity contribution in [1.82, 2.24) is 10.2 Å². The van der Waals surface area contributed by atoms with Crippen molar-refractivity contribution in [3.8, 4) is 11.1 Å². The van der Waals surface area contributed by atoms with Gasteiger partial charge in [0.2, 0.25) is 0 Å². The Balaban J connectivity index is 1.08. The van der Waals surface area contributed by atoms with Crippen molar-refractivity contribution in [3.63, 3.8) is 0 Å². The molecular formula is C39H31N3O4S. The zero-order valence-corrected chi connectivity index (χ0v) is 26.2. The lowest BCUT2D eigenvalue weighted by Crippen LogP contribution is -2.31. The van der Waals surface area contributed by atoms with Crippen LogP contribution in [0.3, 0.4) is 0 Å². The summed E-state index contributed by atoms with van der Waals surface area (Å²) in [6.07, 6.45) is 2.31. The Morgan fingerprint density at radius 3 is 1.87 bits per heavy atom. The number of benzene rings is 5. The zero-order chi connectivity index (χ0) is 32.6. The van der Waals surface area contributed by atoms with Gasteiger partial charge in [0.15, 0.2) is 0 Å². The fourth-order valence-corrected chi connectivity index (χ4v) is 6.04. The molecule has 0 fully saturated rings. The molecule has 0 spiro atoms. The normalized spacial score (nSPS) is 12.5. The van der Waals surface area contributed by atoms with Crippen molar-refractivity contribution in [2.45, 2.75) is 11.3 Å². The summed E-state index contributed by atoms with van der Waals surface area (Å²) >= 11 is 1.60. The molecule has 5 aromatic rings. The molecule has 232 valence electrons. The Kier molecular flexibility index (Phi) is 9.70. The van der Waals surface area contributed by atoms with Crippen LogP contribution in [-0.4, -0.2) is 40.8 Å². The first-order chi connectivity index (χ1) is 23.0. The molecule has 1 heterocycles. The van der Waals surface area contributed by atoms with E-state index in [0.29, 0.717) is 41.1 Å². The molecule has 0 unspecified atom stereocenters. The highest BCUT2D eigenvalue weighted by Crippen LogP contribution is 2.25. The van der Waals surface area contributed by atoms with E-state index in [2.05, 4.69) is 10.6 Å². The summed E-state index contributed by atoms with van der Waals surface area (Å²) in [6.45, 7) is 0.353. The van der Waals surface area contributed by atoms with Gasteiger partial charge in [-0.3, -0.25) is 24.1 Å². The number of amides is 4. The molecule has 0 bridgehead atoms. The van der Waals surface area contributed by atoms with E-state index in [-0.39, 0.29) is 23.4 Å². The maximum absolute atomic E-state index is 13.5. The first kappa shape index (κ1) is 31.3. The second-order valence-electron chi connectivity index (χ2n) is 10.9. The lowest BCUT2D eigenvalue weighted by Gasteiger charge is -2.13. The Bertz CT molecular complexity index is 1910. The smallest absolute Gasteiger partial charge is 0.272 e. The third-order valence-electron chi connectivity index (χ3n) is 7.64. The molecule has 8 heteroatoms. The Labute approximate surface area is 277 Å². The van der Waals surface area contributed by atoms with E-state index in [9.17, 15) is 19.2 Å². The molecule has 4 amide bonds. The summed E-state index contributed by atoms with van der Waals surface area (Å²) < 4.78 is 0. The van der Waals surface area contributed by atoms with Gasteiger partial charge in [0.05, 0.1) is 11.1 Å². The van der Waals surface area contributed by atoms with Crippen molar-refractivity contribution in [2.75, 3.05) is 17.6 Å². The number of rotatable bonds is 11. The number of fused-ring (bicyclic) bond motifs is 1.